The summed E-state index contributed by atoms with van der Waals surface area (Å²) < 4.78 is 7.71. The number of benzene rings is 1. The van der Waals surface area contributed by atoms with E-state index in [2.05, 4.69) is 23.6 Å². The van der Waals surface area contributed by atoms with Crippen molar-refractivity contribution in [2.24, 2.45) is 0 Å². The highest BCUT2D eigenvalue weighted by Gasteiger charge is 2.07. The number of hydrogen-bond donors (Lipinski definition) is 0. The molecule has 0 N–H and O–H groups in total. The maximum atomic E-state index is 6.02. The van der Waals surface area contributed by atoms with Gasteiger partial charge in [-0.1, -0.05) is 17.7 Å². The number of aryl methyl sites for hydroxylation is 1. The standard InChI is InChI=1S/C13H16ClNO/c1-3-15-12(9-16-4-2)7-10-5-6-11(14)8-13(10)15/h5-8H,3-4,9H2,1-2H3. The van der Waals surface area contributed by atoms with E-state index >= 15 is 0 Å². The average molecular weight is 238 g/mol. The summed E-state index contributed by atoms with van der Waals surface area (Å²) in [6, 6.07) is 8.16. The fourth-order valence-corrected chi connectivity index (χ4v) is 2.15. The molecule has 0 saturated heterocycles. The van der Waals surface area contributed by atoms with Crippen molar-refractivity contribution in [2.75, 3.05) is 6.61 Å². The molecule has 0 bridgehead atoms. The molecule has 2 aromatic rings. The first kappa shape index (κ1) is 11.5. The van der Waals surface area contributed by atoms with Gasteiger partial charge in [0, 0.05) is 34.8 Å². The van der Waals surface area contributed by atoms with E-state index in [4.69, 9.17) is 16.3 Å². The Bertz CT molecular complexity index is 490. The third kappa shape index (κ3) is 2.08. The van der Waals surface area contributed by atoms with E-state index in [9.17, 15) is 0 Å². The lowest BCUT2D eigenvalue weighted by Gasteiger charge is -2.07. The molecule has 16 heavy (non-hydrogen) atoms. The molecule has 3 heteroatoms. The van der Waals surface area contributed by atoms with E-state index in [1.165, 1.54) is 16.6 Å². The first-order valence-electron chi connectivity index (χ1n) is 5.61. The quantitative estimate of drug-likeness (QED) is 0.788. The van der Waals surface area contributed by atoms with Gasteiger partial charge in [-0.2, -0.15) is 0 Å². The number of aromatic nitrogens is 1. The number of halogens is 1. The number of fused-ring (bicyclic) bond motifs is 1. The van der Waals surface area contributed by atoms with Crippen LogP contribution in [0.1, 0.15) is 19.5 Å². The molecule has 0 saturated carbocycles. The summed E-state index contributed by atoms with van der Waals surface area (Å²) in [5.41, 5.74) is 2.39. The normalized spacial score (nSPS) is 11.2. The van der Waals surface area contributed by atoms with Crippen LogP contribution < -0.4 is 0 Å². The molecule has 0 aliphatic rings. The second-order valence-electron chi connectivity index (χ2n) is 3.72. The Morgan fingerprint density at radius 1 is 1.25 bits per heavy atom. The van der Waals surface area contributed by atoms with Crippen molar-refractivity contribution < 1.29 is 4.74 Å². The lowest BCUT2D eigenvalue weighted by atomic mass is 10.2. The summed E-state index contributed by atoms with van der Waals surface area (Å²) in [7, 11) is 0. The minimum absolute atomic E-state index is 0.663. The van der Waals surface area contributed by atoms with Crippen LogP contribution in [0.5, 0.6) is 0 Å². The van der Waals surface area contributed by atoms with E-state index < -0.39 is 0 Å². The predicted molar refractivity (Wildman–Crippen MR) is 68.0 cm³/mol. The van der Waals surface area contributed by atoms with Crippen molar-refractivity contribution in [2.45, 2.75) is 27.0 Å². The molecule has 0 radical (unpaired) electrons. The maximum Gasteiger partial charge on any atom is 0.0867 e. The van der Waals surface area contributed by atoms with Crippen LogP contribution in [-0.4, -0.2) is 11.2 Å². The van der Waals surface area contributed by atoms with Crippen molar-refractivity contribution in [3.05, 3.63) is 35.0 Å². The van der Waals surface area contributed by atoms with E-state index in [-0.39, 0.29) is 0 Å². The second-order valence-corrected chi connectivity index (χ2v) is 4.16. The number of hydrogen-bond acceptors (Lipinski definition) is 1. The Balaban J connectivity index is 2.49. The fraction of sp³-hybridized carbons (Fsp3) is 0.385. The minimum Gasteiger partial charge on any atom is -0.376 e. The molecule has 0 amide bonds. The Hall–Kier alpha value is -0.990. The largest absolute Gasteiger partial charge is 0.376 e. The van der Waals surface area contributed by atoms with Crippen molar-refractivity contribution in [1.82, 2.24) is 4.57 Å². The van der Waals surface area contributed by atoms with Gasteiger partial charge in [-0.05, 0) is 32.0 Å². The van der Waals surface area contributed by atoms with E-state index in [0.29, 0.717) is 6.61 Å². The molecule has 2 nitrogen and oxygen atoms in total. The zero-order valence-corrected chi connectivity index (χ0v) is 10.4. The monoisotopic (exact) mass is 237 g/mol. The Kier molecular flexibility index (Phi) is 3.52. The zero-order valence-electron chi connectivity index (χ0n) is 9.66. The molecule has 0 unspecified atom stereocenters. The number of nitrogens with zero attached hydrogens (tertiary/aromatic N) is 1. The molecule has 1 heterocycles. The van der Waals surface area contributed by atoms with Gasteiger partial charge in [0.15, 0.2) is 0 Å². The summed E-state index contributed by atoms with van der Waals surface area (Å²) >= 11 is 6.02. The van der Waals surface area contributed by atoms with Gasteiger partial charge in [0.2, 0.25) is 0 Å². The topological polar surface area (TPSA) is 14.2 Å². The molecule has 1 aromatic carbocycles. The fourth-order valence-electron chi connectivity index (χ4n) is 1.98. The van der Waals surface area contributed by atoms with Crippen LogP contribution in [0.3, 0.4) is 0 Å². The van der Waals surface area contributed by atoms with Gasteiger partial charge < -0.3 is 9.30 Å². The highest BCUT2D eigenvalue weighted by atomic mass is 35.5. The summed E-state index contributed by atoms with van der Waals surface area (Å²) in [4.78, 5) is 0. The highest BCUT2D eigenvalue weighted by molar-refractivity contribution is 6.31. The highest BCUT2D eigenvalue weighted by Crippen LogP contribution is 2.24. The third-order valence-corrected chi connectivity index (χ3v) is 2.96. The molecule has 86 valence electrons. The summed E-state index contributed by atoms with van der Waals surface area (Å²) in [5.74, 6) is 0. The van der Waals surface area contributed by atoms with E-state index in [1.807, 2.05) is 19.1 Å². The Labute approximate surface area is 101 Å². The first-order chi connectivity index (χ1) is 7.76. The zero-order chi connectivity index (χ0) is 11.5. The van der Waals surface area contributed by atoms with Gasteiger partial charge in [-0.3, -0.25) is 0 Å². The molecule has 0 aliphatic heterocycles. The van der Waals surface area contributed by atoms with Crippen LogP contribution in [0.2, 0.25) is 5.02 Å². The van der Waals surface area contributed by atoms with Gasteiger partial charge in [0.1, 0.15) is 0 Å². The lowest BCUT2D eigenvalue weighted by Crippen LogP contribution is -2.02. The number of rotatable bonds is 4. The smallest absolute Gasteiger partial charge is 0.0867 e. The molecule has 0 aliphatic carbocycles. The molecular formula is C13H16ClNO. The van der Waals surface area contributed by atoms with Gasteiger partial charge in [-0.25, -0.2) is 0 Å². The van der Waals surface area contributed by atoms with Crippen LogP contribution >= 0.6 is 11.6 Å². The predicted octanol–water partition coefficient (Wildman–Crippen LogP) is 3.85. The molecule has 0 atom stereocenters. The van der Waals surface area contributed by atoms with Gasteiger partial charge in [0.25, 0.3) is 0 Å². The second kappa shape index (κ2) is 4.89. The third-order valence-electron chi connectivity index (χ3n) is 2.72. The summed E-state index contributed by atoms with van der Waals surface area (Å²) in [6.45, 7) is 6.49. The van der Waals surface area contributed by atoms with Gasteiger partial charge in [0.05, 0.1) is 6.61 Å². The first-order valence-corrected chi connectivity index (χ1v) is 5.99. The van der Waals surface area contributed by atoms with Gasteiger partial charge in [-0.15, -0.1) is 0 Å². The van der Waals surface area contributed by atoms with Crippen LogP contribution in [0.15, 0.2) is 24.3 Å². The van der Waals surface area contributed by atoms with Crippen LogP contribution in [0.25, 0.3) is 10.9 Å². The van der Waals surface area contributed by atoms with Crippen LogP contribution in [0, 0.1) is 0 Å². The SMILES string of the molecule is CCOCc1cc2ccc(Cl)cc2n1CC. The lowest BCUT2D eigenvalue weighted by molar-refractivity contribution is 0.129. The molecule has 1 aromatic heterocycles. The minimum atomic E-state index is 0.663. The average Bonchev–Trinajstić information content (AvgIpc) is 2.63. The molecule has 0 spiro atoms. The van der Waals surface area contributed by atoms with Crippen molar-refractivity contribution in [3.8, 4) is 0 Å². The number of ether oxygens (including phenoxy) is 1. The Morgan fingerprint density at radius 2 is 2.06 bits per heavy atom. The van der Waals surface area contributed by atoms with Crippen molar-refractivity contribution in [3.63, 3.8) is 0 Å². The van der Waals surface area contributed by atoms with Crippen LogP contribution in [0.4, 0.5) is 0 Å². The molecule has 0 fully saturated rings. The van der Waals surface area contributed by atoms with E-state index in [1.54, 1.807) is 0 Å². The Morgan fingerprint density at radius 3 is 2.75 bits per heavy atom. The molecule has 2 rings (SSSR count). The van der Waals surface area contributed by atoms with E-state index in [0.717, 1.165) is 18.2 Å². The summed E-state index contributed by atoms with van der Waals surface area (Å²) in [6.07, 6.45) is 0. The van der Waals surface area contributed by atoms with Crippen LogP contribution in [-0.2, 0) is 17.9 Å². The van der Waals surface area contributed by atoms with Gasteiger partial charge >= 0.3 is 0 Å². The summed E-state index contributed by atoms with van der Waals surface area (Å²) in [5, 5.41) is 2.00. The maximum absolute atomic E-state index is 6.02. The van der Waals surface area contributed by atoms with Crippen molar-refractivity contribution >= 4 is 22.5 Å². The van der Waals surface area contributed by atoms with Crippen molar-refractivity contribution in [1.29, 1.82) is 0 Å². The molecular weight excluding hydrogens is 222 g/mol.